The van der Waals surface area contributed by atoms with Gasteiger partial charge in [-0.05, 0) is 31.1 Å². The first-order valence-electron chi connectivity index (χ1n) is 8.99. The highest BCUT2D eigenvalue weighted by Crippen LogP contribution is 2.37. The number of rotatable bonds is 11. The third kappa shape index (κ3) is 5.77. The lowest BCUT2D eigenvalue weighted by molar-refractivity contribution is -0.137. The monoisotopic (exact) mass is 376 g/mol. The highest BCUT2D eigenvalue weighted by atomic mass is 16.5. The van der Waals surface area contributed by atoms with Crippen molar-refractivity contribution in [3.8, 4) is 17.2 Å². The van der Waals surface area contributed by atoms with Gasteiger partial charge in [-0.3, -0.25) is 4.79 Å². The number of unbranched alkanes of at least 4 members (excludes halogenated alkanes) is 4. The molecule has 0 unspecified atom stereocenters. The minimum Gasteiger partial charge on any atom is -0.503 e. The Bertz CT molecular complexity index is 851. The first kappa shape index (κ1) is 20.4. The van der Waals surface area contributed by atoms with Gasteiger partial charge in [0.05, 0.1) is 19.3 Å². The molecule has 1 aromatic heterocycles. The molecule has 0 saturated heterocycles. The van der Waals surface area contributed by atoms with Gasteiger partial charge in [-0.15, -0.1) is 0 Å². The van der Waals surface area contributed by atoms with Gasteiger partial charge < -0.3 is 24.1 Å². The lowest BCUT2D eigenvalue weighted by Gasteiger charge is -2.10. The van der Waals surface area contributed by atoms with Crippen molar-refractivity contribution in [3.63, 3.8) is 0 Å². The number of fused-ring (bicyclic) bond motifs is 1. The fourth-order valence-electron chi connectivity index (χ4n) is 2.53. The molecule has 0 aliphatic rings. The Morgan fingerprint density at radius 2 is 2.07 bits per heavy atom. The minimum absolute atomic E-state index is 0.0825. The SMILES string of the molecule is CCCCCCC=COc1c(O)c2c(OCCC(=O)O)cccc2oc1=O. The van der Waals surface area contributed by atoms with Crippen LogP contribution in [0.2, 0.25) is 0 Å². The zero-order chi connectivity index (χ0) is 19.6. The Balaban J connectivity index is 2.18. The van der Waals surface area contributed by atoms with Gasteiger partial charge in [0.2, 0.25) is 0 Å². The second-order valence-corrected chi connectivity index (χ2v) is 6.03. The van der Waals surface area contributed by atoms with Crippen LogP contribution in [-0.4, -0.2) is 22.8 Å². The van der Waals surface area contributed by atoms with E-state index in [0.29, 0.717) is 0 Å². The Kier molecular flexibility index (Phi) is 7.73. The van der Waals surface area contributed by atoms with Crippen LogP contribution in [0, 0.1) is 0 Å². The molecular weight excluding hydrogens is 352 g/mol. The van der Waals surface area contributed by atoms with Crippen LogP contribution < -0.4 is 15.1 Å². The highest BCUT2D eigenvalue weighted by Gasteiger charge is 2.18. The molecule has 0 radical (unpaired) electrons. The van der Waals surface area contributed by atoms with Crippen molar-refractivity contribution in [3.05, 3.63) is 41.0 Å². The summed E-state index contributed by atoms with van der Waals surface area (Å²) in [7, 11) is 0. The van der Waals surface area contributed by atoms with Crippen LogP contribution in [0.4, 0.5) is 0 Å². The summed E-state index contributed by atoms with van der Waals surface area (Å²) in [5, 5.41) is 19.3. The van der Waals surface area contributed by atoms with E-state index in [-0.39, 0.29) is 35.5 Å². The molecule has 7 nitrogen and oxygen atoms in total. The van der Waals surface area contributed by atoms with Crippen LogP contribution in [0.3, 0.4) is 0 Å². The topological polar surface area (TPSA) is 106 Å². The smallest absolute Gasteiger partial charge is 0.383 e. The second-order valence-electron chi connectivity index (χ2n) is 6.03. The van der Waals surface area contributed by atoms with Crippen molar-refractivity contribution in [2.75, 3.05) is 6.61 Å². The van der Waals surface area contributed by atoms with Gasteiger partial charge in [0, 0.05) is 0 Å². The van der Waals surface area contributed by atoms with Crippen LogP contribution in [0.5, 0.6) is 17.2 Å². The molecule has 0 spiro atoms. The van der Waals surface area contributed by atoms with Gasteiger partial charge in [-0.2, -0.15) is 0 Å². The van der Waals surface area contributed by atoms with E-state index in [2.05, 4.69) is 6.92 Å². The second kappa shape index (κ2) is 10.3. The number of allylic oxidation sites excluding steroid dienone is 1. The molecule has 0 aliphatic carbocycles. The number of ether oxygens (including phenoxy) is 2. The zero-order valence-electron chi connectivity index (χ0n) is 15.3. The normalized spacial score (nSPS) is 11.1. The first-order chi connectivity index (χ1) is 13.0. The molecule has 1 heterocycles. The average Bonchev–Trinajstić information content (AvgIpc) is 2.62. The molecule has 2 rings (SSSR count). The molecule has 1 aromatic carbocycles. The number of carboxylic acids is 1. The summed E-state index contributed by atoms with van der Waals surface area (Å²) in [6.45, 7) is 2.06. The lowest BCUT2D eigenvalue weighted by atomic mass is 10.1. The molecule has 2 aromatic rings. The average molecular weight is 376 g/mol. The van der Waals surface area contributed by atoms with Gasteiger partial charge in [0.15, 0.2) is 5.75 Å². The van der Waals surface area contributed by atoms with Crippen molar-refractivity contribution in [2.45, 2.75) is 45.4 Å². The lowest BCUT2D eigenvalue weighted by Crippen LogP contribution is -2.07. The number of hydrogen-bond donors (Lipinski definition) is 2. The molecule has 0 bridgehead atoms. The van der Waals surface area contributed by atoms with Crippen LogP contribution in [0.15, 0.2) is 39.7 Å². The number of aliphatic carboxylic acids is 1. The van der Waals surface area contributed by atoms with E-state index in [4.69, 9.17) is 19.0 Å². The van der Waals surface area contributed by atoms with Crippen molar-refractivity contribution in [2.24, 2.45) is 0 Å². The van der Waals surface area contributed by atoms with E-state index >= 15 is 0 Å². The van der Waals surface area contributed by atoms with E-state index in [0.717, 1.165) is 25.7 Å². The van der Waals surface area contributed by atoms with Gasteiger partial charge in [0.25, 0.3) is 5.75 Å². The number of carbonyl (C=O) groups is 1. The van der Waals surface area contributed by atoms with Crippen molar-refractivity contribution in [1.29, 1.82) is 0 Å². The predicted octanol–water partition coefficient (Wildman–Crippen LogP) is 4.22. The standard InChI is InChI=1S/C20H24O7/c1-2-3-4-5-6-7-12-26-19-18(23)17-14(25-13-11-16(21)22)9-8-10-15(17)27-20(19)24/h7-10,12,23H,2-6,11,13H2,1H3,(H,21,22). The van der Waals surface area contributed by atoms with E-state index in [1.165, 1.54) is 18.7 Å². The molecule has 7 heteroatoms. The van der Waals surface area contributed by atoms with Gasteiger partial charge >= 0.3 is 11.6 Å². The van der Waals surface area contributed by atoms with Crippen LogP contribution in [0.25, 0.3) is 11.0 Å². The number of aromatic hydroxyl groups is 1. The molecule has 146 valence electrons. The molecule has 0 atom stereocenters. The van der Waals surface area contributed by atoms with E-state index < -0.39 is 17.3 Å². The van der Waals surface area contributed by atoms with Crippen molar-refractivity contribution < 1.29 is 28.9 Å². The van der Waals surface area contributed by atoms with Gasteiger partial charge in [-0.25, -0.2) is 4.79 Å². The van der Waals surface area contributed by atoms with Crippen molar-refractivity contribution >= 4 is 16.9 Å². The van der Waals surface area contributed by atoms with E-state index in [1.807, 2.05) is 0 Å². The van der Waals surface area contributed by atoms with E-state index in [1.54, 1.807) is 18.2 Å². The number of carboxylic acid groups (broad SMARTS) is 1. The maximum Gasteiger partial charge on any atom is 0.383 e. The molecule has 2 N–H and O–H groups in total. The van der Waals surface area contributed by atoms with Crippen molar-refractivity contribution in [1.82, 2.24) is 0 Å². The van der Waals surface area contributed by atoms with E-state index in [9.17, 15) is 14.7 Å². The summed E-state index contributed by atoms with van der Waals surface area (Å²) in [6, 6.07) is 4.64. The highest BCUT2D eigenvalue weighted by molar-refractivity contribution is 5.91. The van der Waals surface area contributed by atoms with Crippen LogP contribution >= 0.6 is 0 Å². The molecular formula is C20H24O7. The first-order valence-corrected chi connectivity index (χ1v) is 8.99. The predicted molar refractivity (Wildman–Crippen MR) is 100 cm³/mol. The largest absolute Gasteiger partial charge is 0.503 e. The fraction of sp³-hybridized carbons (Fsp3) is 0.400. The minimum atomic E-state index is -1.00. The number of benzene rings is 1. The molecule has 0 amide bonds. The molecule has 0 fully saturated rings. The third-order valence-electron chi connectivity index (χ3n) is 3.91. The van der Waals surface area contributed by atoms with Gasteiger partial charge in [0.1, 0.15) is 16.7 Å². The summed E-state index contributed by atoms with van der Waals surface area (Å²) in [4.78, 5) is 22.7. The maximum absolute atomic E-state index is 12.1. The fourth-order valence-corrected chi connectivity index (χ4v) is 2.53. The molecule has 0 saturated carbocycles. The Hall–Kier alpha value is -2.96. The Morgan fingerprint density at radius 1 is 1.26 bits per heavy atom. The summed E-state index contributed by atoms with van der Waals surface area (Å²) < 4.78 is 15.9. The van der Waals surface area contributed by atoms with Crippen LogP contribution in [-0.2, 0) is 4.79 Å². The maximum atomic E-state index is 12.1. The summed E-state index contributed by atoms with van der Waals surface area (Å²) in [6.07, 6.45) is 8.24. The summed E-state index contributed by atoms with van der Waals surface area (Å²) >= 11 is 0. The quantitative estimate of drug-likeness (QED) is 0.344. The summed E-state index contributed by atoms with van der Waals surface area (Å²) in [5.74, 6) is -1.52. The Labute approximate surface area is 156 Å². The molecule has 27 heavy (non-hydrogen) atoms. The molecule has 0 aliphatic heterocycles. The summed E-state index contributed by atoms with van der Waals surface area (Å²) in [5.41, 5.74) is -0.681. The number of hydrogen-bond acceptors (Lipinski definition) is 6. The van der Waals surface area contributed by atoms with Gasteiger partial charge in [-0.1, -0.05) is 32.3 Å². The van der Waals surface area contributed by atoms with Crippen LogP contribution in [0.1, 0.15) is 45.4 Å². The Morgan fingerprint density at radius 3 is 2.81 bits per heavy atom. The third-order valence-corrected chi connectivity index (χ3v) is 3.91. The zero-order valence-corrected chi connectivity index (χ0v) is 15.3.